The van der Waals surface area contributed by atoms with Crippen molar-refractivity contribution in [2.45, 2.75) is 6.92 Å². The number of fused-ring (bicyclic) bond motifs is 1. The maximum absolute atomic E-state index is 12.7. The van der Waals surface area contributed by atoms with Crippen LogP contribution in [0.15, 0.2) is 54.6 Å². The number of non-ortho nitro benzene ring substituents is 1. The Bertz CT molecular complexity index is 1910. The third-order valence-electron chi connectivity index (χ3n) is 6.62. The Morgan fingerprint density at radius 3 is 2.20 bits per heavy atom. The van der Waals surface area contributed by atoms with E-state index in [4.69, 9.17) is 23.7 Å². The highest BCUT2D eigenvalue weighted by atomic mass is 32.1. The lowest BCUT2D eigenvalue weighted by molar-refractivity contribution is -0.384. The van der Waals surface area contributed by atoms with Crippen LogP contribution < -0.4 is 29.0 Å². The maximum Gasteiger partial charge on any atom is 0.270 e. The molecule has 14 nitrogen and oxygen atoms in total. The van der Waals surface area contributed by atoms with Crippen LogP contribution in [0.4, 0.5) is 10.8 Å². The van der Waals surface area contributed by atoms with Gasteiger partial charge in [-0.3, -0.25) is 25.0 Å². The first-order valence-corrected chi connectivity index (χ1v) is 14.0. The van der Waals surface area contributed by atoms with E-state index in [9.17, 15) is 19.7 Å². The number of carbonyl (C=O) groups excluding carboxylic acids is 2. The van der Waals surface area contributed by atoms with Crippen molar-refractivity contribution in [2.75, 3.05) is 40.4 Å². The van der Waals surface area contributed by atoms with Crippen LogP contribution in [-0.2, 0) is 4.79 Å². The molecule has 0 spiro atoms. The molecule has 3 aromatic carbocycles. The van der Waals surface area contributed by atoms with Crippen molar-refractivity contribution in [2.24, 2.45) is 0 Å². The highest BCUT2D eigenvalue weighted by Crippen LogP contribution is 2.42. The van der Waals surface area contributed by atoms with Gasteiger partial charge in [-0.1, -0.05) is 11.3 Å². The standard InChI is InChI=1S/C30H27N5O9S/c1-16(36)34-22(14-21(33-34)18-11-25(41-3)29(43-5)26(12-18)42-4)17-6-9-23(40-2)24(10-17)44-15-28(37)32-30-31-20-8-7-19(35(38)39)13-27(20)45-30/h6-14H,15H2,1-5H3,(H,31,32,37). The molecule has 0 saturated heterocycles. The molecule has 0 aliphatic heterocycles. The minimum absolute atomic E-state index is 0.0685. The summed E-state index contributed by atoms with van der Waals surface area (Å²) in [6, 6.07) is 14.5. The van der Waals surface area contributed by atoms with Crippen LogP contribution >= 0.6 is 11.3 Å². The fraction of sp³-hybridized carbons (Fsp3) is 0.200. The van der Waals surface area contributed by atoms with Gasteiger partial charge in [0.2, 0.25) is 11.7 Å². The summed E-state index contributed by atoms with van der Waals surface area (Å²) in [6.07, 6.45) is 0. The number of ether oxygens (including phenoxy) is 5. The van der Waals surface area contributed by atoms with Crippen molar-refractivity contribution < 1.29 is 38.2 Å². The number of amides is 1. The minimum atomic E-state index is -0.505. The second-order valence-electron chi connectivity index (χ2n) is 9.39. The lowest BCUT2D eigenvalue weighted by Crippen LogP contribution is -2.20. The summed E-state index contributed by atoms with van der Waals surface area (Å²) < 4.78 is 29.4. The Labute approximate surface area is 260 Å². The van der Waals surface area contributed by atoms with Crippen molar-refractivity contribution in [3.8, 4) is 51.3 Å². The zero-order valence-corrected chi connectivity index (χ0v) is 25.6. The van der Waals surface area contributed by atoms with E-state index in [1.165, 1.54) is 58.2 Å². The number of nitrogens with one attached hydrogen (secondary N) is 1. The second-order valence-corrected chi connectivity index (χ2v) is 10.4. The molecule has 2 aromatic heterocycles. The van der Waals surface area contributed by atoms with Crippen LogP contribution in [0.5, 0.6) is 28.7 Å². The van der Waals surface area contributed by atoms with Gasteiger partial charge in [-0.15, -0.1) is 0 Å². The van der Waals surface area contributed by atoms with Crippen LogP contribution in [0.2, 0.25) is 0 Å². The van der Waals surface area contributed by atoms with E-state index < -0.39 is 17.4 Å². The Morgan fingerprint density at radius 2 is 1.58 bits per heavy atom. The molecule has 0 bridgehead atoms. The van der Waals surface area contributed by atoms with Crippen molar-refractivity contribution in [3.05, 3.63) is 64.7 Å². The predicted molar refractivity (Wildman–Crippen MR) is 166 cm³/mol. The molecule has 1 N–H and O–H groups in total. The number of hydrogen-bond acceptors (Lipinski definition) is 12. The van der Waals surface area contributed by atoms with Gasteiger partial charge in [0.05, 0.1) is 55.0 Å². The first kappa shape index (κ1) is 30.7. The van der Waals surface area contributed by atoms with E-state index in [1.54, 1.807) is 36.4 Å². The van der Waals surface area contributed by atoms with Gasteiger partial charge in [0.15, 0.2) is 34.7 Å². The molecule has 15 heteroatoms. The van der Waals surface area contributed by atoms with Gasteiger partial charge in [-0.2, -0.15) is 9.78 Å². The summed E-state index contributed by atoms with van der Waals surface area (Å²) in [7, 11) is 5.98. The number of methoxy groups -OCH3 is 4. The third-order valence-corrected chi connectivity index (χ3v) is 7.55. The van der Waals surface area contributed by atoms with Crippen LogP contribution in [0.3, 0.4) is 0 Å². The van der Waals surface area contributed by atoms with Gasteiger partial charge in [-0.25, -0.2) is 4.98 Å². The monoisotopic (exact) mass is 633 g/mol. The number of aromatic nitrogens is 3. The Hall–Kier alpha value is -5.70. The zero-order valence-electron chi connectivity index (χ0n) is 24.8. The van der Waals surface area contributed by atoms with Crippen LogP contribution in [0.25, 0.3) is 32.7 Å². The zero-order chi connectivity index (χ0) is 32.2. The third kappa shape index (κ3) is 6.33. The van der Waals surface area contributed by atoms with E-state index in [0.717, 1.165) is 11.3 Å². The number of nitro groups is 1. The molecule has 0 unspecified atom stereocenters. The molecule has 45 heavy (non-hydrogen) atoms. The van der Waals surface area contributed by atoms with Crippen LogP contribution in [0.1, 0.15) is 11.7 Å². The smallest absolute Gasteiger partial charge is 0.270 e. The number of carbonyl (C=O) groups is 2. The molecule has 232 valence electrons. The first-order valence-electron chi connectivity index (χ1n) is 13.2. The van der Waals surface area contributed by atoms with Crippen molar-refractivity contribution in [1.29, 1.82) is 0 Å². The number of benzene rings is 3. The normalized spacial score (nSPS) is 10.8. The average Bonchev–Trinajstić information content (AvgIpc) is 3.67. The largest absolute Gasteiger partial charge is 0.493 e. The SMILES string of the molecule is COc1ccc(-c2cc(-c3cc(OC)c(OC)c(OC)c3)nn2C(C)=O)cc1OCC(=O)Nc1nc2ccc([N+](=O)[O-])cc2s1. The fourth-order valence-corrected chi connectivity index (χ4v) is 5.44. The van der Waals surface area contributed by atoms with Crippen molar-refractivity contribution >= 4 is 44.2 Å². The molecule has 5 aromatic rings. The Kier molecular flexibility index (Phi) is 8.81. The quantitative estimate of drug-likeness (QED) is 0.145. The van der Waals surface area contributed by atoms with Crippen molar-refractivity contribution in [1.82, 2.24) is 14.8 Å². The maximum atomic E-state index is 12.7. The molecular weight excluding hydrogens is 606 g/mol. The summed E-state index contributed by atoms with van der Waals surface area (Å²) in [5.74, 6) is 1.04. The number of nitrogens with zero attached hydrogens (tertiary/aromatic N) is 4. The number of rotatable bonds is 11. The van der Waals surface area contributed by atoms with E-state index in [0.29, 0.717) is 55.7 Å². The highest BCUT2D eigenvalue weighted by Gasteiger charge is 2.21. The van der Waals surface area contributed by atoms with Gasteiger partial charge in [0, 0.05) is 30.2 Å². The second kappa shape index (κ2) is 12.9. The summed E-state index contributed by atoms with van der Waals surface area (Å²) >= 11 is 1.11. The molecule has 2 heterocycles. The highest BCUT2D eigenvalue weighted by molar-refractivity contribution is 7.22. The Morgan fingerprint density at radius 1 is 0.889 bits per heavy atom. The number of anilines is 1. The summed E-state index contributed by atoms with van der Waals surface area (Å²) in [5.41, 5.74) is 2.58. The van der Waals surface area contributed by atoms with Crippen molar-refractivity contribution in [3.63, 3.8) is 0 Å². The van der Waals surface area contributed by atoms with Gasteiger partial charge < -0.3 is 23.7 Å². The molecule has 5 rings (SSSR count). The minimum Gasteiger partial charge on any atom is -0.493 e. The molecule has 0 aliphatic rings. The van der Waals surface area contributed by atoms with Gasteiger partial charge >= 0.3 is 0 Å². The van der Waals surface area contributed by atoms with Gasteiger partial charge in [-0.05, 0) is 42.5 Å². The first-order chi connectivity index (χ1) is 21.6. The topological polar surface area (TPSA) is 166 Å². The number of thiazole rings is 1. The Balaban J connectivity index is 1.40. The molecule has 0 radical (unpaired) electrons. The summed E-state index contributed by atoms with van der Waals surface area (Å²) in [5, 5.41) is 18.5. The van der Waals surface area contributed by atoms with Gasteiger partial charge in [0.25, 0.3) is 11.6 Å². The molecule has 1 amide bonds. The number of hydrogen-bond donors (Lipinski definition) is 1. The van der Waals surface area contributed by atoms with Crippen LogP contribution in [-0.4, -0.2) is 66.5 Å². The van der Waals surface area contributed by atoms with E-state index in [-0.39, 0.29) is 22.5 Å². The van der Waals surface area contributed by atoms with E-state index in [2.05, 4.69) is 15.4 Å². The fourth-order valence-electron chi connectivity index (χ4n) is 4.52. The van der Waals surface area contributed by atoms with E-state index >= 15 is 0 Å². The molecule has 0 atom stereocenters. The molecular formula is C30H27N5O9S. The summed E-state index contributed by atoms with van der Waals surface area (Å²) in [4.78, 5) is 40.2. The summed E-state index contributed by atoms with van der Waals surface area (Å²) in [6.45, 7) is 1.000. The van der Waals surface area contributed by atoms with E-state index in [1.807, 2.05) is 0 Å². The molecule has 0 fully saturated rings. The predicted octanol–water partition coefficient (Wildman–Crippen LogP) is 5.45. The van der Waals surface area contributed by atoms with Crippen LogP contribution in [0, 0.1) is 10.1 Å². The molecule has 0 aliphatic carbocycles. The van der Waals surface area contributed by atoms with Gasteiger partial charge in [0.1, 0.15) is 0 Å². The molecule has 0 saturated carbocycles. The lowest BCUT2D eigenvalue weighted by atomic mass is 10.1. The lowest BCUT2D eigenvalue weighted by Gasteiger charge is -2.13. The average molecular weight is 634 g/mol. The number of nitro benzene ring substituents is 1.